The molecular formula is C12H21F. The maximum atomic E-state index is 13.5. The molecule has 5 unspecified atom stereocenters. The molecule has 0 aromatic carbocycles. The van der Waals surface area contributed by atoms with E-state index in [0.29, 0.717) is 5.92 Å². The minimum Gasteiger partial charge on any atom is -0.247 e. The average molecular weight is 184 g/mol. The first-order chi connectivity index (χ1) is 6.16. The van der Waals surface area contributed by atoms with Crippen LogP contribution in [-0.2, 0) is 0 Å². The Morgan fingerprint density at radius 3 is 2.46 bits per heavy atom. The fourth-order valence-electron chi connectivity index (χ4n) is 3.31. The van der Waals surface area contributed by atoms with E-state index >= 15 is 0 Å². The van der Waals surface area contributed by atoms with Gasteiger partial charge in [-0.25, -0.2) is 4.39 Å². The van der Waals surface area contributed by atoms with Gasteiger partial charge in [-0.3, -0.25) is 0 Å². The van der Waals surface area contributed by atoms with Crippen LogP contribution in [0, 0.1) is 23.7 Å². The third-order valence-electron chi connectivity index (χ3n) is 4.22. The van der Waals surface area contributed by atoms with Crippen molar-refractivity contribution in [2.24, 2.45) is 23.7 Å². The van der Waals surface area contributed by atoms with Crippen molar-refractivity contribution >= 4 is 0 Å². The van der Waals surface area contributed by atoms with Crippen molar-refractivity contribution in [2.75, 3.05) is 0 Å². The SMILES string of the molecule is CC1CCC2CC(C)C(F)CC2C1. The number of hydrogen-bond acceptors (Lipinski definition) is 0. The lowest BCUT2D eigenvalue weighted by Gasteiger charge is -2.42. The molecule has 0 radical (unpaired) electrons. The molecule has 2 aliphatic rings. The van der Waals surface area contributed by atoms with E-state index in [4.69, 9.17) is 0 Å². The van der Waals surface area contributed by atoms with Crippen molar-refractivity contribution in [3.63, 3.8) is 0 Å². The molecule has 1 heteroatoms. The van der Waals surface area contributed by atoms with Crippen LogP contribution in [0.1, 0.15) is 46.0 Å². The molecule has 76 valence electrons. The Morgan fingerprint density at radius 2 is 1.69 bits per heavy atom. The molecule has 0 aromatic rings. The van der Waals surface area contributed by atoms with Gasteiger partial charge in [0, 0.05) is 0 Å². The maximum absolute atomic E-state index is 13.5. The minimum atomic E-state index is -0.508. The second kappa shape index (κ2) is 3.59. The van der Waals surface area contributed by atoms with Gasteiger partial charge in [-0.1, -0.05) is 20.3 Å². The summed E-state index contributed by atoms with van der Waals surface area (Å²) >= 11 is 0. The number of rotatable bonds is 0. The quantitative estimate of drug-likeness (QED) is 0.537. The zero-order valence-electron chi connectivity index (χ0n) is 8.80. The molecule has 0 aliphatic heterocycles. The lowest BCUT2D eigenvalue weighted by atomic mass is 9.65. The molecule has 0 aromatic heterocycles. The molecule has 0 heterocycles. The molecule has 0 bridgehead atoms. The molecule has 0 amide bonds. The van der Waals surface area contributed by atoms with Crippen LogP contribution in [-0.4, -0.2) is 6.17 Å². The third kappa shape index (κ3) is 1.89. The van der Waals surface area contributed by atoms with Gasteiger partial charge in [0.1, 0.15) is 6.17 Å². The van der Waals surface area contributed by atoms with E-state index in [1.54, 1.807) is 0 Å². The summed E-state index contributed by atoms with van der Waals surface area (Å²) in [7, 11) is 0. The van der Waals surface area contributed by atoms with Crippen LogP contribution >= 0.6 is 0 Å². The predicted octanol–water partition coefficient (Wildman–Crippen LogP) is 3.81. The van der Waals surface area contributed by atoms with Gasteiger partial charge in [-0.05, 0) is 49.4 Å². The van der Waals surface area contributed by atoms with Gasteiger partial charge in [-0.2, -0.15) is 0 Å². The zero-order chi connectivity index (χ0) is 9.42. The predicted molar refractivity (Wildman–Crippen MR) is 53.3 cm³/mol. The van der Waals surface area contributed by atoms with Crippen LogP contribution in [0.2, 0.25) is 0 Å². The molecule has 13 heavy (non-hydrogen) atoms. The summed E-state index contributed by atoms with van der Waals surface area (Å²) in [5.41, 5.74) is 0. The number of hydrogen-bond donors (Lipinski definition) is 0. The van der Waals surface area contributed by atoms with Crippen molar-refractivity contribution in [2.45, 2.75) is 52.1 Å². The summed E-state index contributed by atoms with van der Waals surface area (Å²) in [5, 5.41) is 0. The van der Waals surface area contributed by atoms with Crippen molar-refractivity contribution in [3.05, 3.63) is 0 Å². The van der Waals surface area contributed by atoms with Crippen molar-refractivity contribution < 1.29 is 4.39 Å². The van der Waals surface area contributed by atoms with E-state index in [1.165, 1.54) is 19.3 Å². The second-order valence-electron chi connectivity index (χ2n) is 5.40. The molecule has 0 N–H and O–H groups in total. The molecule has 2 fully saturated rings. The van der Waals surface area contributed by atoms with Gasteiger partial charge >= 0.3 is 0 Å². The first-order valence-corrected chi connectivity index (χ1v) is 5.81. The van der Waals surface area contributed by atoms with Gasteiger partial charge in [0.2, 0.25) is 0 Å². The van der Waals surface area contributed by atoms with E-state index in [2.05, 4.69) is 13.8 Å². The van der Waals surface area contributed by atoms with Gasteiger partial charge in [0.25, 0.3) is 0 Å². The summed E-state index contributed by atoms with van der Waals surface area (Å²) in [6, 6.07) is 0. The third-order valence-corrected chi connectivity index (χ3v) is 4.22. The van der Waals surface area contributed by atoms with E-state index < -0.39 is 6.17 Å². The summed E-state index contributed by atoms with van der Waals surface area (Å²) in [4.78, 5) is 0. The highest BCUT2D eigenvalue weighted by Gasteiger charge is 2.37. The van der Waals surface area contributed by atoms with E-state index in [-0.39, 0.29) is 0 Å². The summed E-state index contributed by atoms with van der Waals surface area (Å²) in [5.74, 6) is 2.75. The molecule has 2 aliphatic carbocycles. The van der Waals surface area contributed by atoms with Crippen molar-refractivity contribution in [1.29, 1.82) is 0 Å². The number of halogens is 1. The van der Waals surface area contributed by atoms with E-state index in [0.717, 1.165) is 30.6 Å². The van der Waals surface area contributed by atoms with E-state index in [9.17, 15) is 4.39 Å². The molecule has 0 spiro atoms. The number of fused-ring (bicyclic) bond motifs is 1. The minimum absolute atomic E-state index is 0.328. The summed E-state index contributed by atoms with van der Waals surface area (Å²) in [6.07, 6.45) is 5.53. The summed E-state index contributed by atoms with van der Waals surface area (Å²) < 4.78 is 13.5. The molecule has 2 saturated carbocycles. The Kier molecular flexibility index (Phi) is 2.62. The van der Waals surface area contributed by atoms with Gasteiger partial charge in [0.05, 0.1) is 0 Å². The van der Waals surface area contributed by atoms with Crippen LogP contribution < -0.4 is 0 Å². The number of alkyl halides is 1. The molecular weight excluding hydrogens is 163 g/mol. The molecule has 0 saturated heterocycles. The molecule has 0 nitrogen and oxygen atoms in total. The van der Waals surface area contributed by atoms with E-state index in [1.807, 2.05) is 0 Å². The fourth-order valence-corrected chi connectivity index (χ4v) is 3.31. The lowest BCUT2D eigenvalue weighted by molar-refractivity contribution is 0.0457. The van der Waals surface area contributed by atoms with Crippen LogP contribution in [0.3, 0.4) is 0 Å². The normalized spacial score (nSPS) is 51.5. The highest BCUT2D eigenvalue weighted by molar-refractivity contribution is 4.87. The Balaban J connectivity index is 1.98. The molecule has 2 rings (SSSR count). The Hall–Kier alpha value is -0.0700. The largest absolute Gasteiger partial charge is 0.247 e. The first-order valence-electron chi connectivity index (χ1n) is 5.81. The van der Waals surface area contributed by atoms with Crippen molar-refractivity contribution in [1.82, 2.24) is 0 Å². The summed E-state index contributed by atoms with van der Waals surface area (Å²) in [6.45, 7) is 4.40. The monoisotopic (exact) mass is 184 g/mol. The van der Waals surface area contributed by atoms with Crippen LogP contribution in [0.15, 0.2) is 0 Å². The standard InChI is InChI=1S/C12H21F/c1-8-3-4-10-6-9(2)12(13)7-11(10)5-8/h8-12H,3-7H2,1-2H3. The zero-order valence-corrected chi connectivity index (χ0v) is 8.80. The highest BCUT2D eigenvalue weighted by Crippen LogP contribution is 2.45. The molecule has 5 atom stereocenters. The highest BCUT2D eigenvalue weighted by atomic mass is 19.1. The van der Waals surface area contributed by atoms with Crippen LogP contribution in [0.25, 0.3) is 0 Å². The Bertz CT molecular complexity index is 178. The first kappa shape index (κ1) is 9.48. The topological polar surface area (TPSA) is 0 Å². The maximum Gasteiger partial charge on any atom is 0.103 e. The smallest absolute Gasteiger partial charge is 0.103 e. The van der Waals surface area contributed by atoms with Crippen LogP contribution in [0.4, 0.5) is 4.39 Å². The van der Waals surface area contributed by atoms with Gasteiger partial charge in [-0.15, -0.1) is 0 Å². The second-order valence-corrected chi connectivity index (χ2v) is 5.40. The van der Waals surface area contributed by atoms with Gasteiger partial charge < -0.3 is 0 Å². The lowest BCUT2D eigenvalue weighted by Crippen LogP contribution is -2.35. The van der Waals surface area contributed by atoms with Gasteiger partial charge in [0.15, 0.2) is 0 Å². The van der Waals surface area contributed by atoms with Crippen LogP contribution in [0.5, 0.6) is 0 Å². The Morgan fingerprint density at radius 1 is 0.923 bits per heavy atom. The van der Waals surface area contributed by atoms with Crippen molar-refractivity contribution in [3.8, 4) is 0 Å². The average Bonchev–Trinajstić information content (AvgIpc) is 2.08. The Labute approximate surface area is 80.9 Å². The fraction of sp³-hybridized carbons (Fsp3) is 1.00.